The molecule has 0 bridgehead atoms. The van der Waals surface area contributed by atoms with Crippen molar-refractivity contribution in [1.82, 2.24) is 4.90 Å². The number of ether oxygens (including phenoxy) is 1. The normalized spacial score (nSPS) is 13.8. The molecule has 24 heavy (non-hydrogen) atoms. The highest BCUT2D eigenvalue weighted by Gasteiger charge is 2.21. The van der Waals surface area contributed by atoms with E-state index < -0.39 is 0 Å². The van der Waals surface area contributed by atoms with E-state index in [1.165, 1.54) is 12.7 Å². The molecule has 0 atom stereocenters. The minimum absolute atomic E-state index is 0.336. The lowest BCUT2D eigenvalue weighted by atomic mass is 10.1. The highest BCUT2D eigenvalue weighted by atomic mass is 32.1. The summed E-state index contributed by atoms with van der Waals surface area (Å²) >= 11 is 7.05. The van der Waals surface area contributed by atoms with Crippen LogP contribution in [0.5, 0.6) is 0 Å². The zero-order valence-electron chi connectivity index (χ0n) is 13.6. The van der Waals surface area contributed by atoms with Crippen LogP contribution in [0.4, 0.5) is 5.00 Å². The van der Waals surface area contributed by atoms with Crippen molar-refractivity contribution >= 4 is 39.6 Å². The van der Waals surface area contributed by atoms with E-state index in [0.29, 0.717) is 10.7 Å². The summed E-state index contributed by atoms with van der Waals surface area (Å²) in [5.41, 5.74) is 1.76. The molecule has 0 aliphatic carbocycles. The van der Waals surface area contributed by atoms with Crippen molar-refractivity contribution < 1.29 is 9.53 Å². The Bertz CT molecular complexity index is 722. The molecule has 126 valence electrons. The van der Waals surface area contributed by atoms with E-state index in [1.54, 1.807) is 11.3 Å². The zero-order chi connectivity index (χ0) is 16.9. The molecule has 1 aliphatic heterocycles. The maximum Gasteiger partial charge on any atom is 0.340 e. The van der Waals surface area contributed by atoms with Gasteiger partial charge in [0.05, 0.1) is 12.7 Å². The summed E-state index contributed by atoms with van der Waals surface area (Å²) in [5.74, 6) is -0.336. The summed E-state index contributed by atoms with van der Waals surface area (Å²) < 4.78 is 4.92. The molecule has 1 aromatic carbocycles. The van der Waals surface area contributed by atoms with Crippen LogP contribution in [0.3, 0.4) is 0 Å². The van der Waals surface area contributed by atoms with Crippen molar-refractivity contribution in [1.29, 1.82) is 0 Å². The number of likely N-dealkylation sites (tertiary alicyclic amines) is 1. The first kappa shape index (κ1) is 16.9. The molecular weight excluding hydrogens is 340 g/mol. The Morgan fingerprint density at radius 1 is 1.29 bits per heavy atom. The molecule has 0 unspecified atom stereocenters. The van der Waals surface area contributed by atoms with Crippen molar-refractivity contribution in [2.24, 2.45) is 0 Å². The van der Waals surface area contributed by atoms with Crippen molar-refractivity contribution in [3.05, 3.63) is 52.4 Å². The number of thiocarbonyl (C=S) groups is 1. The number of anilines is 1. The van der Waals surface area contributed by atoms with Crippen molar-refractivity contribution in [3.8, 4) is 0 Å². The van der Waals surface area contributed by atoms with Crippen LogP contribution in [-0.4, -0.2) is 36.2 Å². The van der Waals surface area contributed by atoms with Gasteiger partial charge in [0, 0.05) is 24.4 Å². The molecule has 1 N–H and O–H groups in total. The first-order valence-electron chi connectivity index (χ1n) is 7.98. The van der Waals surface area contributed by atoms with Gasteiger partial charge >= 0.3 is 5.97 Å². The predicted octanol–water partition coefficient (Wildman–Crippen LogP) is 3.92. The summed E-state index contributed by atoms with van der Waals surface area (Å²) in [6.07, 6.45) is 3.11. The third-order valence-corrected chi connectivity index (χ3v) is 5.43. The molecule has 1 saturated heterocycles. The fraction of sp³-hybridized carbons (Fsp3) is 0.333. The lowest BCUT2D eigenvalue weighted by Crippen LogP contribution is -2.32. The average Bonchev–Trinajstić information content (AvgIpc) is 3.25. The molecule has 1 aliphatic rings. The Morgan fingerprint density at radius 3 is 2.67 bits per heavy atom. The van der Waals surface area contributed by atoms with E-state index in [0.717, 1.165) is 42.2 Å². The van der Waals surface area contributed by atoms with E-state index in [2.05, 4.69) is 22.3 Å². The molecule has 0 spiro atoms. The van der Waals surface area contributed by atoms with Gasteiger partial charge in [0.25, 0.3) is 0 Å². The lowest BCUT2D eigenvalue weighted by molar-refractivity contribution is 0.0602. The molecule has 6 heteroatoms. The van der Waals surface area contributed by atoms with Crippen LogP contribution in [0, 0.1) is 0 Å². The van der Waals surface area contributed by atoms with E-state index in [9.17, 15) is 4.79 Å². The number of hydrogen-bond acceptors (Lipinski definition) is 4. The van der Waals surface area contributed by atoms with Gasteiger partial charge in [0.15, 0.2) is 5.11 Å². The Balaban J connectivity index is 1.80. The lowest BCUT2D eigenvalue weighted by Gasteiger charge is -2.19. The molecule has 0 radical (unpaired) electrons. The fourth-order valence-corrected chi connectivity index (χ4v) is 4.20. The topological polar surface area (TPSA) is 41.6 Å². The summed E-state index contributed by atoms with van der Waals surface area (Å²) in [7, 11) is 1.40. The van der Waals surface area contributed by atoms with Crippen LogP contribution < -0.4 is 5.32 Å². The van der Waals surface area contributed by atoms with Gasteiger partial charge < -0.3 is 15.0 Å². The first-order chi connectivity index (χ1) is 11.7. The number of methoxy groups -OCH3 is 1. The molecular formula is C18H20N2O2S2. The maximum absolute atomic E-state index is 12.1. The van der Waals surface area contributed by atoms with Crippen molar-refractivity contribution in [2.75, 3.05) is 25.5 Å². The molecule has 2 heterocycles. The second-order valence-corrected chi connectivity index (χ2v) is 7.26. The smallest absolute Gasteiger partial charge is 0.340 e. The number of carbonyl (C=O) groups excluding carboxylic acids is 1. The van der Waals surface area contributed by atoms with Gasteiger partial charge in [-0.05, 0) is 36.7 Å². The summed E-state index contributed by atoms with van der Waals surface area (Å²) in [6, 6.07) is 12.1. The number of nitrogens with one attached hydrogen (secondary N) is 1. The third-order valence-electron chi connectivity index (χ3n) is 4.02. The van der Waals surface area contributed by atoms with Crippen LogP contribution in [0.1, 0.15) is 33.6 Å². The Morgan fingerprint density at radius 2 is 2.00 bits per heavy atom. The van der Waals surface area contributed by atoms with E-state index in [-0.39, 0.29) is 5.97 Å². The zero-order valence-corrected chi connectivity index (χ0v) is 15.2. The van der Waals surface area contributed by atoms with E-state index in [1.807, 2.05) is 24.3 Å². The first-order valence-corrected chi connectivity index (χ1v) is 9.20. The number of hydrogen-bond donors (Lipinski definition) is 1. The maximum atomic E-state index is 12.1. The molecule has 3 rings (SSSR count). The van der Waals surface area contributed by atoms with E-state index in [4.69, 9.17) is 17.0 Å². The van der Waals surface area contributed by atoms with Crippen molar-refractivity contribution in [2.45, 2.75) is 19.3 Å². The van der Waals surface area contributed by atoms with Crippen LogP contribution in [0.2, 0.25) is 0 Å². The van der Waals surface area contributed by atoms with E-state index >= 15 is 0 Å². The second-order valence-electron chi connectivity index (χ2n) is 5.73. The van der Waals surface area contributed by atoms with Crippen LogP contribution in [0.25, 0.3) is 0 Å². The SMILES string of the molecule is COC(=O)c1cc(Cc2ccccc2)sc1NC(=S)N1CCCC1. The van der Waals surface area contributed by atoms with Gasteiger partial charge in [-0.1, -0.05) is 30.3 Å². The highest BCUT2D eigenvalue weighted by molar-refractivity contribution is 7.80. The van der Waals surface area contributed by atoms with Gasteiger partial charge in [-0.2, -0.15) is 0 Å². The Kier molecular flexibility index (Phi) is 5.48. The summed E-state index contributed by atoms with van der Waals surface area (Å²) in [4.78, 5) is 15.3. The van der Waals surface area contributed by atoms with Gasteiger partial charge in [-0.15, -0.1) is 11.3 Å². The Hall–Kier alpha value is -1.92. The number of nitrogens with zero attached hydrogens (tertiary/aromatic N) is 1. The van der Waals surface area contributed by atoms with Crippen LogP contribution in [-0.2, 0) is 11.2 Å². The Labute approximate surface area is 151 Å². The molecule has 1 fully saturated rings. The highest BCUT2D eigenvalue weighted by Crippen LogP contribution is 2.31. The third kappa shape index (κ3) is 3.94. The molecule has 4 nitrogen and oxygen atoms in total. The predicted molar refractivity (Wildman–Crippen MR) is 102 cm³/mol. The van der Waals surface area contributed by atoms with Crippen LogP contribution >= 0.6 is 23.6 Å². The molecule has 0 saturated carbocycles. The van der Waals surface area contributed by atoms with Gasteiger partial charge in [0.1, 0.15) is 5.00 Å². The van der Waals surface area contributed by atoms with Crippen molar-refractivity contribution in [3.63, 3.8) is 0 Å². The molecule has 1 aromatic heterocycles. The standard InChI is InChI=1S/C18H20N2O2S2/c1-22-17(21)15-12-14(11-13-7-3-2-4-8-13)24-16(15)19-18(23)20-9-5-6-10-20/h2-4,7-8,12H,5-6,9-11H2,1H3,(H,19,23). The summed E-state index contributed by atoms with van der Waals surface area (Å²) in [5, 5.41) is 4.70. The fourth-order valence-electron chi connectivity index (χ4n) is 2.78. The number of carbonyl (C=O) groups is 1. The van der Waals surface area contributed by atoms with Gasteiger partial charge in [-0.25, -0.2) is 4.79 Å². The second kappa shape index (κ2) is 7.77. The number of rotatable bonds is 4. The number of thiophene rings is 1. The molecule has 0 amide bonds. The largest absolute Gasteiger partial charge is 0.465 e. The quantitative estimate of drug-likeness (QED) is 0.661. The minimum atomic E-state index is -0.336. The average molecular weight is 361 g/mol. The van der Waals surface area contributed by atoms with Gasteiger partial charge in [-0.3, -0.25) is 0 Å². The van der Waals surface area contributed by atoms with Crippen LogP contribution in [0.15, 0.2) is 36.4 Å². The number of benzene rings is 1. The minimum Gasteiger partial charge on any atom is -0.465 e. The summed E-state index contributed by atoms with van der Waals surface area (Å²) in [6.45, 7) is 1.95. The monoisotopic (exact) mass is 360 g/mol. The molecule has 2 aromatic rings. The van der Waals surface area contributed by atoms with Gasteiger partial charge in [0.2, 0.25) is 0 Å². The number of esters is 1.